The van der Waals surface area contributed by atoms with Crippen molar-refractivity contribution in [2.75, 3.05) is 14.2 Å². The van der Waals surface area contributed by atoms with E-state index in [1.165, 1.54) is 25.3 Å². The van der Waals surface area contributed by atoms with Crippen molar-refractivity contribution >= 4 is 0 Å². The fourth-order valence-corrected chi connectivity index (χ4v) is 3.81. The maximum absolute atomic E-state index is 5.99. The predicted molar refractivity (Wildman–Crippen MR) is 88.3 cm³/mol. The molecule has 0 amide bonds. The summed E-state index contributed by atoms with van der Waals surface area (Å²) >= 11 is 0. The molecule has 24 heavy (non-hydrogen) atoms. The number of ether oxygens (including phenoxy) is 3. The molecule has 2 aromatic rings. The van der Waals surface area contributed by atoms with Crippen molar-refractivity contribution in [3.63, 3.8) is 0 Å². The van der Waals surface area contributed by atoms with E-state index in [1.807, 2.05) is 12.1 Å². The van der Waals surface area contributed by atoms with E-state index < -0.39 is 11.8 Å². The molecule has 0 unspecified atom stereocenters. The van der Waals surface area contributed by atoms with Crippen molar-refractivity contribution in [2.24, 2.45) is 10.2 Å². The van der Waals surface area contributed by atoms with Crippen LogP contribution in [0.15, 0.2) is 70.9 Å². The Hall–Kier alpha value is -2.08. The number of hydrogen-bond donors (Lipinski definition) is 0. The smallest absolute Gasteiger partial charge is 0.310 e. The van der Waals surface area contributed by atoms with Crippen LogP contribution in [0.2, 0.25) is 0 Å². The quantitative estimate of drug-likeness (QED) is 0.803. The molecule has 1 fully saturated rings. The van der Waals surface area contributed by atoms with Crippen LogP contribution in [-0.2, 0) is 19.6 Å². The van der Waals surface area contributed by atoms with E-state index in [4.69, 9.17) is 14.2 Å². The van der Waals surface area contributed by atoms with Crippen LogP contribution in [0.25, 0.3) is 0 Å². The fraction of sp³-hybridized carbons (Fsp3) is 0.368. The topological polar surface area (TPSA) is 52.4 Å². The lowest BCUT2D eigenvalue weighted by Crippen LogP contribution is -2.56. The molecule has 5 heteroatoms. The predicted octanol–water partition coefficient (Wildman–Crippen LogP) is 3.85. The second-order valence-corrected chi connectivity index (χ2v) is 6.35. The summed E-state index contributed by atoms with van der Waals surface area (Å²) in [6, 6.07) is 21.0. The molecule has 0 bridgehead atoms. The molecule has 1 aliphatic heterocycles. The SMILES string of the molecule is COC1(OC)N=NC2(CC(c3ccccc3)(c3ccccc3)C2)O1. The average molecular weight is 324 g/mol. The van der Waals surface area contributed by atoms with Crippen molar-refractivity contribution in [3.8, 4) is 0 Å². The van der Waals surface area contributed by atoms with Crippen LogP contribution in [0, 0.1) is 0 Å². The van der Waals surface area contributed by atoms with E-state index in [-0.39, 0.29) is 5.41 Å². The Balaban J connectivity index is 1.69. The molecule has 1 spiro atoms. The molecule has 2 aliphatic rings. The molecular formula is C19H20N2O3. The molecule has 0 N–H and O–H groups in total. The third-order valence-corrected chi connectivity index (χ3v) is 5.00. The van der Waals surface area contributed by atoms with Gasteiger partial charge in [-0.15, -0.1) is 0 Å². The first-order chi connectivity index (χ1) is 11.7. The number of benzene rings is 2. The van der Waals surface area contributed by atoms with Crippen LogP contribution in [-0.4, -0.2) is 26.0 Å². The first kappa shape index (κ1) is 15.4. The van der Waals surface area contributed by atoms with Gasteiger partial charge < -0.3 is 9.47 Å². The maximum atomic E-state index is 5.99. The molecule has 0 aromatic heterocycles. The summed E-state index contributed by atoms with van der Waals surface area (Å²) in [4.78, 5) is 0. The zero-order chi connectivity index (χ0) is 16.7. The third kappa shape index (κ3) is 2.20. The zero-order valence-electron chi connectivity index (χ0n) is 13.8. The standard InChI is InChI=1S/C19H20N2O3/c1-22-19(23-2)21-20-18(24-19)13-17(14-18,15-9-5-3-6-10-15)16-11-7-4-8-12-16/h3-12H,13-14H2,1-2H3. The van der Waals surface area contributed by atoms with E-state index in [0.717, 1.165) is 0 Å². The van der Waals surface area contributed by atoms with E-state index in [1.54, 1.807) is 0 Å². The van der Waals surface area contributed by atoms with E-state index in [2.05, 4.69) is 58.8 Å². The van der Waals surface area contributed by atoms with Crippen molar-refractivity contribution in [1.29, 1.82) is 0 Å². The van der Waals surface area contributed by atoms with Gasteiger partial charge in [0.05, 0.1) is 0 Å². The van der Waals surface area contributed by atoms with Gasteiger partial charge in [0.25, 0.3) is 0 Å². The van der Waals surface area contributed by atoms with Gasteiger partial charge in [-0.1, -0.05) is 65.8 Å². The summed E-state index contributed by atoms with van der Waals surface area (Å²) in [5.41, 5.74) is 1.68. The summed E-state index contributed by atoms with van der Waals surface area (Å²) in [5, 5.41) is 8.46. The van der Waals surface area contributed by atoms with Crippen molar-refractivity contribution < 1.29 is 14.2 Å². The van der Waals surface area contributed by atoms with E-state index in [9.17, 15) is 0 Å². The lowest BCUT2D eigenvalue weighted by molar-refractivity contribution is -0.383. The number of rotatable bonds is 4. The number of hydrogen-bond acceptors (Lipinski definition) is 5. The maximum Gasteiger partial charge on any atom is 0.414 e. The van der Waals surface area contributed by atoms with Crippen LogP contribution in [0.4, 0.5) is 0 Å². The third-order valence-electron chi connectivity index (χ3n) is 5.00. The summed E-state index contributed by atoms with van der Waals surface area (Å²) in [6.07, 6.45) is -0.0163. The largest absolute Gasteiger partial charge is 0.414 e. The highest BCUT2D eigenvalue weighted by molar-refractivity contribution is 5.44. The highest BCUT2D eigenvalue weighted by Gasteiger charge is 2.64. The minimum absolute atomic E-state index is 0.140. The normalized spacial score (nSPS) is 22.4. The van der Waals surface area contributed by atoms with Crippen LogP contribution < -0.4 is 0 Å². The molecule has 0 radical (unpaired) electrons. The van der Waals surface area contributed by atoms with Crippen molar-refractivity contribution in [2.45, 2.75) is 30.1 Å². The van der Waals surface area contributed by atoms with Crippen LogP contribution in [0.5, 0.6) is 0 Å². The molecule has 2 aromatic carbocycles. The lowest BCUT2D eigenvalue weighted by atomic mass is 9.56. The Morgan fingerprint density at radius 2 is 1.29 bits per heavy atom. The summed E-state index contributed by atoms with van der Waals surface area (Å²) in [5.74, 6) is 0. The Morgan fingerprint density at radius 3 is 1.71 bits per heavy atom. The van der Waals surface area contributed by atoms with Gasteiger partial charge in [-0.05, 0) is 11.1 Å². The van der Waals surface area contributed by atoms with Crippen molar-refractivity contribution in [1.82, 2.24) is 0 Å². The second kappa shape index (κ2) is 5.48. The highest BCUT2D eigenvalue weighted by atomic mass is 16.9. The minimum atomic E-state index is -1.42. The van der Waals surface area contributed by atoms with E-state index >= 15 is 0 Å². The Bertz CT molecular complexity index is 694. The molecule has 1 saturated carbocycles. The first-order valence-electron chi connectivity index (χ1n) is 8.02. The van der Waals surface area contributed by atoms with Crippen LogP contribution in [0.3, 0.4) is 0 Å². The van der Waals surface area contributed by atoms with Gasteiger partial charge in [0, 0.05) is 32.5 Å². The molecule has 0 saturated heterocycles. The lowest BCUT2D eigenvalue weighted by Gasteiger charge is -2.52. The highest BCUT2D eigenvalue weighted by Crippen LogP contribution is 2.59. The monoisotopic (exact) mass is 324 g/mol. The van der Waals surface area contributed by atoms with Gasteiger partial charge in [0.15, 0.2) is 5.72 Å². The summed E-state index contributed by atoms with van der Waals surface area (Å²) < 4.78 is 16.5. The van der Waals surface area contributed by atoms with Crippen molar-refractivity contribution in [3.05, 3.63) is 71.8 Å². The number of azo groups is 1. The molecule has 1 heterocycles. The van der Waals surface area contributed by atoms with Gasteiger partial charge >= 0.3 is 6.10 Å². The van der Waals surface area contributed by atoms with Gasteiger partial charge in [-0.25, -0.2) is 0 Å². The minimum Gasteiger partial charge on any atom is -0.310 e. The molecule has 4 rings (SSSR count). The molecule has 1 aliphatic carbocycles. The van der Waals surface area contributed by atoms with Crippen LogP contribution in [0.1, 0.15) is 24.0 Å². The summed E-state index contributed by atoms with van der Waals surface area (Å²) in [7, 11) is 3.00. The molecule has 124 valence electrons. The summed E-state index contributed by atoms with van der Waals surface area (Å²) in [6.45, 7) is 0. The molecule has 5 nitrogen and oxygen atoms in total. The van der Waals surface area contributed by atoms with Gasteiger partial charge in [0.1, 0.15) is 0 Å². The second-order valence-electron chi connectivity index (χ2n) is 6.35. The average Bonchev–Trinajstić information content (AvgIpc) is 3.02. The van der Waals surface area contributed by atoms with Gasteiger partial charge in [-0.2, -0.15) is 5.11 Å². The Morgan fingerprint density at radius 1 is 0.792 bits per heavy atom. The van der Waals surface area contributed by atoms with Gasteiger partial charge in [0.2, 0.25) is 0 Å². The number of nitrogens with zero attached hydrogens (tertiary/aromatic N) is 2. The van der Waals surface area contributed by atoms with E-state index in [0.29, 0.717) is 12.8 Å². The Labute approximate surface area is 141 Å². The zero-order valence-corrected chi connectivity index (χ0v) is 13.8. The Kier molecular flexibility index (Phi) is 3.53. The van der Waals surface area contributed by atoms with Crippen LogP contribution >= 0.6 is 0 Å². The molecular weight excluding hydrogens is 304 g/mol. The molecule has 0 atom stereocenters. The number of methoxy groups -OCH3 is 2. The van der Waals surface area contributed by atoms with Gasteiger partial charge in [-0.3, -0.25) is 4.74 Å². The fourth-order valence-electron chi connectivity index (χ4n) is 3.81. The first-order valence-corrected chi connectivity index (χ1v) is 8.02.